The molecule has 0 aliphatic heterocycles. The molecule has 0 aliphatic rings. The predicted molar refractivity (Wildman–Crippen MR) is 293 cm³/mol. The SMILES string of the molecule is CC/C=C\C/C=C\C/C=C\C/C=C\C/C=C\C/C=C\CCC(=O)OCC(COC(=O)CCCCCCC/C=C\C/C=C\CCCC)OC(=O)CCCCCCCCC/C=C\CCCCCCCC. The minimum absolute atomic E-state index is 0.112. The summed E-state index contributed by atoms with van der Waals surface area (Å²) < 4.78 is 16.8. The molecule has 386 valence electrons. The zero-order valence-electron chi connectivity index (χ0n) is 44.1. The van der Waals surface area contributed by atoms with Gasteiger partial charge in [0.1, 0.15) is 13.2 Å². The molecule has 1 unspecified atom stereocenters. The number of hydrogen-bond donors (Lipinski definition) is 0. The molecule has 0 bridgehead atoms. The summed E-state index contributed by atoms with van der Waals surface area (Å²) in [6.07, 6.45) is 75.1. The molecule has 0 spiro atoms. The van der Waals surface area contributed by atoms with Crippen LogP contribution in [-0.2, 0) is 28.6 Å². The Morgan fingerprint density at radius 3 is 1.04 bits per heavy atom. The maximum Gasteiger partial charge on any atom is 0.306 e. The van der Waals surface area contributed by atoms with E-state index in [1.165, 1.54) is 96.3 Å². The van der Waals surface area contributed by atoms with Crippen molar-refractivity contribution in [3.05, 3.63) is 109 Å². The zero-order valence-corrected chi connectivity index (χ0v) is 44.1. The van der Waals surface area contributed by atoms with Gasteiger partial charge in [-0.3, -0.25) is 14.4 Å². The zero-order chi connectivity index (χ0) is 49.3. The molecule has 0 amide bonds. The second-order valence-corrected chi connectivity index (χ2v) is 18.1. The molecule has 0 N–H and O–H groups in total. The molecule has 0 aliphatic carbocycles. The van der Waals surface area contributed by atoms with E-state index >= 15 is 0 Å². The van der Waals surface area contributed by atoms with E-state index < -0.39 is 6.10 Å². The molecule has 0 saturated heterocycles. The van der Waals surface area contributed by atoms with Crippen LogP contribution in [0.2, 0.25) is 0 Å². The Balaban J connectivity index is 4.53. The number of rotatable bonds is 49. The van der Waals surface area contributed by atoms with Gasteiger partial charge in [0.25, 0.3) is 0 Å². The summed E-state index contributed by atoms with van der Waals surface area (Å²) in [7, 11) is 0. The average Bonchev–Trinajstić information content (AvgIpc) is 3.34. The van der Waals surface area contributed by atoms with Crippen molar-refractivity contribution in [2.45, 2.75) is 252 Å². The van der Waals surface area contributed by atoms with Crippen LogP contribution >= 0.6 is 0 Å². The molecule has 0 radical (unpaired) electrons. The van der Waals surface area contributed by atoms with Crippen molar-refractivity contribution in [3.8, 4) is 0 Å². The molecule has 0 rings (SSSR count). The third-order valence-electron chi connectivity index (χ3n) is 11.5. The van der Waals surface area contributed by atoms with Crippen LogP contribution in [-0.4, -0.2) is 37.2 Å². The minimum atomic E-state index is -0.819. The van der Waals surface area contributed by atoms with Crippen LogP contribution < -0.4 is 0 Å². The summed E-state index contributed by atoms with van der Waals surface area (Å²) in [4.78, 5) is 38.1. The van der Waals surface area contributed by atoms with Crippen LogP contribution in [0.25, 0.3) is 0 Å². The maximum atomic E-state index is 12.8. The van der Waals surface area contributed by atoms with Crippen molar-refractivity contribution >= 4 is 17.9 Å². The Morgan fingerprint density at radius 2 is 0.618 bits per heavy atom. The van der Waals surface area contributed by atoms with Crippen LogP contribution in [0.15, 0.2) is 109 Å². The topological polar surface area (TPSA) is 78.9 Å². The predicted octanol–water partition coefficient (Wildman–Crippen LogP) is 18.7. The minimum Gasteiger partial charge on any atom is -0.462 e. The summed E-state index contributed by atoms with van der Waals surface area (Å²) in [5.74, 6) is -1.02. The van der Waals surface area contributed by atoms with E-state index in [2.05, 4.69) is 124 Å². The van der Waals surface area contributed by atoms with E-state index in [-0.39, 0.29) is 37.5 Å². The van der Waals surface area contributed by atoms with Gasteiger partial charge in [-0.05, 0) is 109 Å². The maximum absolute atomic E-state index is 12.8. The molecule has 0 fully saturated rings. The Labute approximate surface area is 419 Å². The third-order valence-corrected chi connectivity index (χ3v) is 11.5. The van der Waals surface area contributed by atoms with Gasteiger partial charge in [-0.1, -0.05) is 226 Å². The Bertz CT molecular complexity index is 1410. The number of hydrogen-bond acceptors (Lipinski definition) is 6. The van der Waals surface area contributed by atoms with Gasteiger partial charge in [0.05, 0.1) is 0 Å². The molecule has 6 heteroatoms. The number of allylic oxidation sites excluding steroid dienone is 18. The molecule has 68 heavy (non-hydrogen) atoms. The molecular weight excluding hydrogens is 841 g/mol. The molecule has 0 heterocycles. The highest BCUT2D eigenvalue weighted by molar-refractivity contribution is 5.71. The van der Waals surface area contributed by atoms with Crippen molar-refractivity contribution in [3.63, 3.8) is 0 Å². The van der Waals surface area contributed by atoms with Gasteiger partial charge in [-0.25, -0.2) is 0 Å². The number of unbranched alkanes of at least 4 members (excludes halogenated alkanes) is 20. The fourth-order valence-electron chi connectivity index (χ4n) is 7.30. The number of carbonyl (C=O) groups excluding carboxylic acids is 3. The van der Waals surface area contributed by atoms with Gasteiger partial charge in [0.15, 0.2) is 6.10 Å². The van der Waals surface area contributed by atoms with Gasteiger partial charge in [0.2, 0.25) is 0 Å². The largest absolute Gasteiger partial charge is 0.462 e. The van der Waals surface area contributed by atoms with Gasteiger partial charge < -0.3 is 14.2 Å². The van der Waals surface area contributed by atoms with Crippen molar-refractivity contribution in [1.29, 1.82) is 0 Å². The van der Waals surface area contributed by atoms with Crippen LogP contribution in [0.4, 0.5) is 0 Å². The summed E-state index contributed by atoms with van der Waals surface area (Å²) in [5, 5.41) is 0. The van der Waals surface area contributed by atoms with Gasteiger partial charge >= 0.3 is 17.9 Å². The summed E-state index contributed by atoms with van der Waals surface area (Å²) >= 11 is 0. The van der Waals surface area contributed by atoms with E-state index in [1.54, 1.807) is 0 Å². The van der Waals surface area contributed by atoms with Gasteiger partial charge in [-0.15, -0.1) is 0 Å². The van der Waals surface area contributed by atoms with E-state index in [1.807, 2.05) is 6.08 Å². The van der Waals surface area contributed by atoms with Gasteiger partial charge in [0, 0.05) is 19.3 Å². The first-order valence-electron chi connectivity index (χ1n) is 27.9. The normalized spacial score (nSPS) is 12.9. The monoisotopic (exact) mass is 943 g/mol. The third kappa shape index (κ3) is 53.0. The van der Waals surface area contributed by atoms with Crippen molar-refractivity contribution < 1.29 is 28.6 Å². The second kappa shape index (κ2) is 55.7. The highest BCUT2D eigenvalue weighted by Crippen LogP contribution is 2.14. The molecule has 6 nitrogen and oxygen atoms in total. The first-order chi connectivity index (χ1) is 33.5. The van der Waals surface area contributed by atoms with E-state index in [0.29, 0.717) is 19.3 Å². The van der Waals surface area contributed by atoms with Gasteiger partial charge in [-0.2, -0.15) is 0 Å². The second-order valence-electron chi connectivity index (χ2n) is 18.1. The average molecular weight is 943 g/mol. The van der Waals surface area contributed by atoms with E-state index in [9.17, 15) is 14.4 Å². The Morgan fingerprint density at radius 1 is 0.309 bits per heavy atom. The lowest BCUT2D eigenvalue weighted by molar-refractivity contribution is -0.166. The Hall–Kier alpha value is -3.93. The number of carbonyl (C=O) groups is 3. The summed E-state index contributed by atoms with van der Waals surface area (Å²) in [6, 6.07) is 0. The highest BCUT2D eigenvalue weighted by atomic mass is 16.6. The van der Waals surface area contributed by atoms with E-state index in [4.69, 9.17) is 14.2 Å². The lowest BCUT2D eigenvalue weighted by Crippen LogP contribution is -2.30. The molecule has 0 aromatic rings. The molecule has 1 atom stereocenters. The Kier molecular flexibility index (Phi) is 52.4. The lowest BCUT2D eigenvalue weighted by atomic mass is 10.1. The fourth-order valence-corrected chi connectivity index (χ4v) is 7.30. The standard InChI is InChI=1S/C62H102O6/c1-4-7-10-13-16-19-22-25-28-30-31-33-34-37-40-43-46-49-52-55-61(64)67-58-59(57-66-60(63)54-51-48-45-42-39-36-27-24-21-18-15-12-9-6-3)68-62(65)56-53-50-47-44-41-38-35-32-29-26-23-20-17-14-11-8-5-2/h7,10,15-16,18-19,24-29,31,33,37,40,46,49,59H,4-6,8-9,11-14,17,20-23,30,32,34-36,38-39,41-45,47-48,50-58H2,1-3H3/b10-7-,18-15-,19-16-,27-24-,28-25-,29-26-,33-31-,40-37-,49-46-. The quantitative estimate of drug-likeness (QED) is 0.0262. The van der Waals surface area contributed by atoms with Crippen LogP contribution in [0.1, 0.15) is 245 Å². The molecule has 0 aromatic carbocycles. The highest BCUT2D eigenvalue weighted by Gasteiger charge is 2.19. The summed E-state index contributed by atoms with van der Waals surface area (Å²) in [6.45, 7) is 6.40. The van der Waals surface area contributed by atoms with E-state index in [0.717, 1.165) is 103 Å². The van der Waals surface area contributed by atoms with Crippen molar-refractivity contribution in [2.75, 3.05) is 13.2 Å². The summed E-state index contributed by atoms with van der Waals surface area (Å²) in [5.41, 5.74) is 0. The first-order valence-corrected chi connectivity index (χ1v) is 27.9. The van der Waals surface area contributed by atoms with Crippen molar-refractivity contribution in [2.24, 2.45) is 0 Å². The smallest absolute Gasteiger partial charge is 0.306 e. The number of esters is 3. The van der Waals surface area contributed by atoms with Crippen LogP contribution in [0.3, 0.4) is 0 Å². The fraction of sp³-hybridized carbons (Fsp3) is 0.661. The van der Waals surface area contributed by atoms with Crippen LogP contribution in [0, 0.1) is 0 Å². The van der Waals surface area contributed by atoms with Crippen molar-refractivity contribution in [1.82, 2.24) is 0 Å². The number of ether oxygens (including phenoxy) is 3. The van der Waals surface area contributed by atoms with Crippen LogP contribution in [0.5, 0.6) is 0 Å². The molecular formula is C62H102O6. The lowest BCUT2D eigenvalue weighted by Gasteiger charge is -2.18. The molecule has 0 saturated carbocycles. The first kappa shape index (κ1) is 64.1. The molecule has 0 aromatic heterocycles.